The molecule has 0 N–H and O–H groups in total. The van der Waals surface area contributed by atoms with Gasteiger partial charge in [0, 0.05) is 0 Å². The van der Waals surface area contributed by atoms with Gasteiger partial charge in [0.1, 0.15) is 0 Å². The second-order valence-electron chi connectivity index (χ2n) is 5.08. The summed E-state index contributed by atoms with van der Waals surface area (Å²) in [6.07, 6.45) is 5.99. The molecule has 84 valence electrons. The highest BCUT2D eigenvalue weighted by Crippen LogP contribution is 2.31. The first-order valence-electron chi connectivity index (χ1n) is 6.20. The minimum atomic E-state index is 0.931. The first-order valence-corrected chi connectivity index (χ1v) is 6.20. The van der Waals surface area contributed by atoms with Crippen LogP contribution in [0.2, 0.25) is 0 Å². The van der Waals surface area contributed by atoms with Gasteiger partial charge in [-0.2, -0.15) is 0 Å². The van der Waals surface area contributed by atoms with Crippen molar-refractivity contribution in [1.29, 1.82) is 0 Å². The standard InChI is InChI=1S/C8H16.C7H8/c1-7(2)6-8-4-3-5-8;1-7-5-3-2-4-6-7/h7-8H,3-6H2,1-2H3;2-6H,1H3. The summed E-state index contributed by atoms with van der Waals surface area (Å²) < 4.78 is 0. The van der Waals surface area contributed by atoms with Gasteiger partial charge in [0.15, 0.2) is 0 Å². The maximum absolute atomic E-state index is 2.32. The Kier molecular flexibility index (Phi) is 5.45. The zero-order chi connectivity index (χ0) is 11.1. The zero-order valence-corrected chi connectivity index (χ0v) is 10.4. The topological polar surface area (TPSA) is 0 Å². The zero-order valence-electron chi connectivity index (χ0n) is 10.4. The molecule has 0 spiro atoms. The van der Waals surface area contributed by atoms with Crippen molar-refractivity contribution in [2.75, 3.05) is 0 Å². The van der Waals surface area contributed by atoms with Gasteiger partial charge in [-0.15, -0.1) is 0 Å². The van der Waals surface area contributed by atoms with Crippen molar-refractivity contribution in [3.8, 4) is 0 Å². The van der Waals surface area contributed by atoms with Crippen LogP contribution in [0.3, 0.4) is 0 Å². The van der Waals surface area contributed by atoms with Gasteiger partial charge in [-0.05, 0) is 25.2 Å². The third-order valence-electron chi connectivity index (χ3n) is 2.97. The van der Waals surface area contributed by atoms with Crippen LogP contribution in [0.4, 0.5) is 0 Å². The monoisotopic (exact) mass is 204 g/mol. The SMILES string of the molecule is CC(C)CC1CCC1.Cc1ccccc1. The summed E-state index contributed by atoms with van der Waals surface area (Å²) in [7, 11) is 0. The average molecular weight is 204 g/mol. The van der Waals surface area contributed by atoms with Crippen LogP contribution in [0.5, 0.6) is 0 Å². The van der Waals surface area contributed by atoms with E-state index in [0.29, 0.717) is 0 Å². The van der Waals surface area contributed by atoms with Crippen molar-refractivity contribution in [2.24, 2.45) is 11.8 Å². The van der Waals surface area contributed by atoms with E-state index in [1.54, 1.807) is 0 Å². The molecule has 2 rings (SSSR count). The summed E-state index contributed by atoms with van der Waals surface area (Å²) in [5, 5.41) is 0. The van der Waals surface area contributed by atoms with Crippen molar-refractivity contribution in [1.82, 2.24) is 0 Å². The van der Waals surface area contributed by atoms with Crippen LogP contribution in [0.25, 0.3) is 0 Å². The summed E-state index contributed by atoms with van der Waals surface area (Å²) in [6, 6.07) is 10.3. The molecule has 0 atom stereocenters. The van der Waals surface area contributed by atoms with Crippen molar-refractivity contribution >= 4 is 0 Å². The average Bonchev–Trinajstić information content (AvgIpc) is 2.14. The largest absolute Gasteiger partial charge is 0.0628 e. The Labute approximate surface area is 94.7 Å². The molecule has 0 aromatic heterocycles. The Hall–Kier alpha value is -0.780. The summed E-state index contributed by atoms with van der Waals surface area (Å²) in [6.45, 7) is 6.72. The van der Waals surface area contributed by atoms with E-state index < -0.39 is 0 Å². The summed E-state index contributed by atoms with van der Waals surface area (Å²) in [5.74, 6) is 2.04. The molecule has 0 heterocycles. The van der Waals surface area contributed by atoms with Crippen LogP contribution >= 0.6 is 0 Å². The van der Waals surface area contributed by atoms with E-state index in [1.807, 2.05) is 18.2 Å². The lowest BCUT2D eigenvalue weighted by Crippen LogP contribution is -2.12. The molecule has 1 aliphatic carbocycles. The van der Waals surface area contributed by atoms with Gasteiger partial charge >= 0.3 is 0 Å². The number of hydrogen-bond donors (Lipinski definition) is 0. The minimum Gasteiger partial charge on any atom is -0.0628 e. The number of benzene rings is 1. The molecular weight excluding hydrogens is 180 g/mol. The van der Waals surface area contributed by atoms with Gasteiger partial charge < -0.3 is 0 Å². The van der Waals surface area contributed by atoms with Crippen molar-refractivity contribution < 1.29 is 0 Å². The molecule has 15 heavy (non-hydrogen) atoms. The summed E-state index contributed by atoms with van der Waals surface area (Å²) in [5.41, 5.74) is 1.32. The molecule has 1 fully saturated rings. The molecule has 0 unspecified atom stereocenters. The minimum absolute atomic E-state index is 0.931. The molecular formula is C15H24. The highest BCUT2D eigenvalue weighted by atomic mass is 14.2. The highest BCUT2D eigenvalue weighted by Gasteiger charge is 2.17. The lowest BCUT2D eigenvalue weighted by molar-refractivity contribution is 0.264. The Bertz CT molecular complexity index is 244. The number of hydrogen-bond acceptors (Lipinski definition) is 0. The van der Waals surface area contributed by atoms with E-state index in [9.17, 15) is 0 Å². The molecule has 0 radical (unpaired) electrons. The second-order valence-corrected chi connectivity index (χ2v) is 5.08. The van der Waals surface area contributed by atoms with Gasteiger partial charge in [-0.3, -0.25) is 0 Å². The predicted octanol–water partition coefficient (Wildman–Crippen LogP) is 4.83. The summed E-state index contributed by atoms with van der Waals surface area (Å²) >= 11 is 0. The Balaban J connectivity index is 0.000000151. The molecule has 1 saturated carbocycles. The third-order valence-corrected chi connectivity index (χ3v) is 2.97. The van der Waals surface area contributed by atoms with Gasteiger partial charge in [-0.25, -0.2) is 0 Å². The fourth-order valence-electron chi connectivity index (χ4n) is 1.93. The van der Waals surface area contributed by atoms with E-state index in [2.05, 4.69) is 32.9 Å². The van der Waals surface area contributed by atoms with E-state index in [4.69, 9.17) is 0 Å². The van der Waals surface area contributed by atoms with Crippen LogP contribution < -0.4 is 0 Å². The van der Waals surface area contributed by atoms with Gasteiger partial charge in [0.05, 0.1) is 0 Å². The quantitative estimate of drug-likeness (QED) is 0.647. The normalized spacial score (nSPS) is 15.5. The number of rotatable bonds is 2. The summed E-state index contributed by atoms with van der Waals surface area (Å²) in [4.78, 5) is 0. The molecule has 1 aromatic carbocycles. The van der Waals surface area contributed by atoms with Gasteiger partial charge in [0.25, 0.3) is 0 Å². The lowest BCUT2D eigenvalue weighted by Gasteiger charge is -2.26. The van der Waals surface area contributed by atoms with Crippen molar-refractivity contribution in [3.05, 3.63) is 35.9 Å². The predicted molar refractivity (Wildman–Crippen MR) is 68.0 cm³/mol. The van der Waals surface area contributed by atoms with Crippen molar-refractivity contribution in [3.63, 3.8) is 0 Å². The van der Waals surface area contributed by atoms with Crippen LogP contribution in [0.1, 0.15) is 45.1 Å². The first-order chi connectivity index (χ1) is 7.18. The Morgan fingerprint density at radius 3 is 1.93 bits per heavy atom. The third kappa shape index (κ3) is 5.61. The maximum atomic E-state index is 2.32. The molecule has 1 aliphatic rings. The Morgan fingerprint density at radius 1 is 1.13 bits per heavy atom. The fraction of sp³-hybridized carbons (Fsp3) is 0.600. The molecule has 0 aliphatic heterocycles. The molecule has 1 aromatic rings. The highest BCUT2D eigenvalue weighted by molar-refractivity contribution is 5.11. The molecule has 0 saturated heterocycles. The smallest absolute Gasteiger partial charge is 0.0398 e. The van der Waals surface area contributed by atoms with E-state index in [-0.39, 0.29) is 0 Å². The first kappa shape index (κ1) is 12.3. The number of aryl methyl sites for hydroxylation is 1. The maximum Gasteiger partial charge on any atom is -0.0398 e. The van der Waals surface area contributed by atoms with Gasteiger partial charge in [-0.1, -0.05) is 69.0 Å². The van der Waals surface area contributed by atoms with E-state index >= 15 is 0 Å². The van der Waals surface area contributed by atoms with Crippen LogP contribution in [0.15, 0.2) is 30.3 Å². The molecule has 0 heteroatoms. The molecule has 0 bridgehead atoms. The van der Waals surface area contributed by atoms with E-state index in [1.165, 1.54) is 31.2 Å². The van der Waals surface area contributed by atoms with E-state index in [0.717, 1.165) is 11.8 Å². The van der Waals surface area contributed by atoms with Crippen molar-refractivity contribution in [2.45, 2.75) is 46.5 Å². The molecule has 0 nitrogen and oxygen atoms in total. The molecule has 0 amide bonds. The second kappa shape index (κ2) is 6.66. The van der Waals surface area contributed by atoms with Crippen LogP contribution in [-0.4, -0.2) is 0 Å². The van der Waals surface area contributed by atoms with Crippen LogP contribution in [0, 0.1) is 18.8 Å². The fourth-order valence-corrected chi connectivity index (χ4v) is 1.93. The van der Waals surface area contributed by atoms with Crippen LogP contribution in [-0.2, 0) is 0 Å². The van der Waals surface area contributed by atoms with Gasteiger partial charge in [0.2, 0.25) is 0 Å². The lowest BCUT2D eigenvalue weighted by atomic mass is 9.80. The Morgan fingerprint density at radius 2 is 1.73 bits per heavy atom.